The van der Waals surface area contributed by atoms with Crippen LogP contribution in [-0.2, 0) is 11.0 Å². The maximum absolute atomic E-state index is 12.8. The number of guanidine groups is 1. The Morgan fingerprint density at radius 2 is 2.07 bits per heavy atom. The van der Waals surface area contributed by atoms with Crippen molar-refractivity contribution in [3.63, 3.8) is 0 Å². The van der Waals surface area contributed by atoms with E-state index < -0.39 is 11.7 Å². The summed E-state index contributed by atoms with van der Waals surface area (Å²) in [6.07, 6.45) is -2.96. The lowest BCUT2D eigenvalue weighted by Crippen LogP contribution is -2.45. The number of nitrogens with zero attached hydrogens (tertiary/aromatic N) is 3. The molecule has 1 atom stereocenters. The van der Waals surface area contributed by atoms with Gasteiger partial charge in [-0.2, -0.15) is 13.2 Å². The number of hydrogen-bond acceptors (Lipinski definition) is 4. The second-order valence-electron chi connectivity index (χ2n) is 6.25. The van der Waals surface area contributed by atoms with Gasteiger partial charge in [0.05, 0.1) is 10.6 Å². The van der Waals surface area contributed by atoms with Crippen molar-refractivity contribution in [2.24, 2.45) is 4.99 Å². The fourth-order valence-electron chi connectivity index (χ4n) is 2.81. The number of nitrogens with one attached hydrogen (secondary N) is 3. The van der Waals surface area contributed by atoms with E-state index >= 15 is 0 Å². The van der Waals surface area contributed by atoms with E-state index in [1.54, 1.807) is 0 Å². The van der Waals surface area contributed by atoms with Gasteiger partial charge in [-0.15, -0.1) is 0 Å². The van der Waals surface area contributed by atoms with Gasteiger partial charge in [-0.3, -0.25) is 4.79 Å². The number of alkyl halides is 3. The molecule has 1 aliphatic rings. The molecule has 1 aliphatic heterocycles. The number of rotatable bonds is 6. The summed E-state index contributed by atoms with van der Waals surface area (Å²) in [5, 5.41) is 8.95. The molecule has 1 fully saturated rings. The molecule has 7 nitrogen and oxygen atoms in total. The van der Waals surface area contributed by atoms with Gasteiger partial charge in [0.2, 0.25) is 5.91 Å². The number of carbonyl (C=O) groups is 1. The lowest BCUT2D eigenvalue weighted by atomic mass is 10.2. The first-order chi connectivity index (χ1) is 13.2. The number of halogens is 4. The van der Waals surface area contributed by atoms with Crippen LogP contribution in [0.4, 0.5) is 19.0 Å². The predicted octanol–water partition coefficient (Wildman–Crippen LogP) is 2.02. The Labute approximate surface area is 166 Å². The standard InChI is InChI=1S/C17H24ClF3N6O/c1-3-22-14(28)9-25-16(23-4-2)26-12-5-6-27(10-12)15-13(18)7-11(8-24-15)17(19,20)21/h7-8,12H,3-6,9-10H2,1-2H3,(H,22,28)(H2,23,25,26). The summed E-state index contributed by atoms with van der Waals surface area (Å²) in [5.41, 5.74) is -0.873. The number of hydrogen-bond donors (Lipinski definition) is 3. The molecular formula is C17H24ClF3N6O. The van der Waals surface area contributed by atoms with Gasteiger partial charge in [0, 0.05) is 38.4 Å². The molecule has 28 heavy (non-hydrogen) atoms. The lowest BCUT2D eigenvalue weighted by Gasteiger charge is -2.21. The molecular weight excluding hydrogens is 397 g/mol. The van der Waals surface area contributed by atoms with Crippen LogP contribution in [0.5, 0.6) is 0 Å². The van der Waals surface area contributed by atoms with Crippen LogP contribution in [0.2, 0.25) is 5.02 Å². The first-order valence-electron chi connectivity index (χ1n) is 9.03. The van der Waals surface area contributed by atoms with Crippen LogP contribution in [0.1, 0.15) is 25.8 Å². The third-order valence-corrected chi connectivity index (χ3v) is 4.35. The molecule has 0 aliphatic carbocycles. The monoisotopic (exact) mass is 420 g/mol. The predicted molar refractivity (Wildman–Crippen MR) is 103 cm³/mol. The third kappa shape index (κ3) is 6.15. The van der Waals surface area contributed by atoms with Gasteiger partial charge in [-0.05, 0) is 26.3 Å². The molecule has 1 aromatic rings. The highest BCUT2D eigenvalue weighted by atomic mass is 35.5. The lowest BCUT2D eigenvalue weighted by molar-refractivity contribution is -0.137. The minimum Gasteiger partial charge on any atom is -0.357 e. The van der Waals surface area contributed by atoms with E-state index in [9.17, 15) is 18.0 Å². The van der Waals surface area contributed by atoms with Crippen LogP contribution in [0.15, 0.2) is 17.3 Å². The van der Waals surface area contributed by atoms with E-state index in [1.165, 1.54) is 0 Å². The van der Waals surface area contributed by atoms with Gasteiger partial charge in [0.25, 0.3) is 0 Å². The van der Waals surface area contributed by atoms with Crippen molar-refractivity contribution in [1.29, 1.82) is 0 Å². The van der Waals surface area contributed by atoms with E-state index in [0.717, 1.165) is 18.7 Å². The van der Waals surface area contributed by atoms with Gasteiger partial charge in [0.15, 0.2) is 5.96 Å². The van der Waals surface area contributed by atoms with Gasteiger partial charge in [-0.25, -0.2) is 9.98 Å². The second-order valence-corrected chi connectivity index (χ2v) is 6.66. The molecule has 0 spiro atoms. The van der Waals surface area contributed by atoms with Gasteiger partial charge in [0.1, 0.15) is 12.4 Å². The van der Waals surface area contributed by atoms with Crippen molar-refractivity contribution in [2.45, 2.75) is 32.5 Å². The number of carbonyl (C=O) groups excluding carboxylic acids is 1. The molecule has 2 heterocycles. The number of anilines is 1. The van der Waals surface area contributed by atoms with Crippen LogP contribution < -0.4 is 20.9 Å². The average molecular weight is 421 g/mol. The average Bonchev–Trinajstić information content (AvgIpc) is 3.07. The molecule has 156 valence electrons. The summed E-state index contributed by atoms with van der Waals surface area (Å²) in [5.74, 6) is 0.656. The molecule has 0 bridgehead atoms. The summed E-state index contributed by atoms with van der Waals surface area (Å²) in [4.78, 5) is 21.6. The minimum absolute atomic E-state index is 0.00585. The van der Waals surface area contributed by atoms with Gasteiger partial charge in [-0.1, -0.05) is 11.6 Å². The van der Waals surface area contributed by atoms with Crippen LogP contribution >= 0.6 is 11.6 Å². The number of amides is 1. The second kappa shape index (κ2) is 9.81. The van der Waals surface area contributed by atoms with Crippen LogP contribution in [0, 0.1) is 0 Å². The van der Waals surface area contributed by atoms with Crippen molar-refractivity contribution < 1.29 is 18.0 Å². The Balaban J connectivity index is 2.00. The Kier molecular flexibility index (Phi) is 7.73. The highest BCUT2D eigenvalue weighted by molar-refractivity contribution is 6.33. The quantitative estimate of drug-likeness (QED) is 0.484. The summed E-state index contributed by atoms with van der Waals surface area (Å²) in [6.45, 7) is 6.01. The highest BCUT2D eigenvalue weighted by Gasteiger charge is 2.33. The van der Waals surface area contributed by atoms with Gasteiger partial charge < -0.3 is 20.9 Å². The molecule has 2 rings (SSSR count). The fraction of sp³-hybridized carbons (Fsp3) is 0.588. The van der Waals surface area contributed by atoms with Crippen molar-refractivity contribution in [3.8, 4) is 0 Å². The van der Waals surface area contributed by atoms with Crippen LogP contribution in [-0.4, -0.2) is 55.6 Å². The molecule has 1 amide bonds. The van der Waals surface area contributed by atoms with E-state index in [-0.39, 0.29) is 23.5 Å². The zero-order valence-corrected chi connectivity index (χ0v) is 16.5. The largest absolute Gasteiger partial charge is 0.417 e. The summed E-state index contributed by atoms with van der Waals surface area (Å²) >= 11 is 6.03. The first-order valence-corrected chi connectivity index (χ1v) is 9.41. The molecule has 1 aromatic heterocycles. The highest BCUT2D eigenvalue weighted by Crippen LogP contribution is 2.34. The van der Waals surface area contributed by atoms with Crippen molar-refractivity contribution in [1.82, 2.24) is 20.9 Å². The molecule has 3 N–H and O–H groups in total. The van der Waals surface area contributed by atoms with Crippen molar-refractivity contribution in [2.75, 3.05) is 37.6 Å². The molecule has 1 unspecified atom stereocenters. The number of aromatic nitrogens is 1. The van der Waals surface area contributed by atoms with Crippen molar-refractivity contribution in [3.05, 3.63) is 22.8 Å². The maximum atomic E-state index is 12.8. The summed E-state index contributed by atoms with van der Waals surface area (Å²) < 4.78 is 38.3. The maximum Gasteiger partial charge on any atom is 0.417 e. The Bertz CT molecular complexity index is 713. The first kappa shape index (κ1) is 22.1. The topological polar surface area (TPSA) is 81.6 Å². The Morgan fingerprint density at radius 3 is 2.68 bits per heavy atom. The molecule has 0 radical (unpaired) electrons. The molecule has 11 heteroatoms. The normalized spacial score (nSPS) is 17.6. The van der Waals surface area contributed by atoms with Crippen LogP contribution in [0.3, 0.4) is 0 Å². The zero-order chi connectivity index (χ0) is 20.7. The number of aliphatic imine (C=N–C) groups is 1. The summed E-state index contributed by atoms with van der Waals surface area (Å²) in [6, 6.07) is 0.884. The Hall–Kier alpha value is -2.23. The molecule has 0 aromatic carbocycles. The van der Waals surface area contributed by atoms with Crippen molar-refractivity contribution >= 4 is 29.3 Å². The SMILES string of the molecule is CCNC(=O)CN=C(NCC)NC1CCN(c2ncc(C(F)(F)F)cc2Cl)C1. The number of pyridine rings is 1. The summed E-state index contributed by atoms with van der Waals surface area (Å²) in [7, 11) is 0. The van der Waals surface area contributed by atoms with E-state index in [4.69, 9.17) is 11.6 Å². The minimum atomic E-state index is -4.48. The molecule has 0 saturated carbocycles. The fourth-order valence-corrected chi connectivity index (χ4v) is 3.09. The molecule has 1 saturated heterocycles. The van der Waals surface area contributed by atoms with Gasteiger partial charge >= 0.3 is 6.18 Å². The third-order valence-electron chi connectivity index (χ3n) is 4.08. The number of likely N-dealkylation sites (N-methyl/N-ethyl adjacent to an activating group) is 1. The van der Waals surface area contributed by atoms with E-state index in [2.05, 4.69) is 25.9 Å². The van der Waals surface area contributed by atoms with E-state index in [1.807, 2.05) is 18.7 Å². The Morgan fingerprint density at radius 1 is 1.36 bits per heavy atom. The van der Waals surface area contributed by atoms with Crippen LogP contribution in [0.25, 0.3) is 0 Å². The van der Waals surface area contributed by atoms with E-state index in [0.29, 0.717) is 38.0 Å². The zero-order valence-electron chi connectivity index (χ0n) is 15.7. The smallest absolute Gasteiger partial charge is 0.357 e.